The van der Waals surface area contributed by atoms with E-state index in [1.165, 1.54) is 0 Å². The Morgan fingerprint density at radius 1 is 1.22 bits per heavy atom. The summed E-state index contributed by atoms with van der Waals surface area (Å²) in [7, 11) is 0. The fourth-order valence-corrected chi connectivity index (χ4v) is 4.54. The molecule has 0 aromatic carbocycles. The number of amides is 2. The SMILES string of the molecule is CCCCCC(=O)N1CCC[C@]2(CCC(=O)N(CCc3ccccn3)C2)C1. The van der Waals surface area contributed by atoms with Crippen LogP contribution in [0.5, 0.6) is 0 Å². The van der Waals surface area contributed by atoms with E-state index in [1.54, 1.807) is 6.20 Å². The van der Waals surface area contributed by atoms with Gasteiger partial charge in [-0.3, -0.25) is 14.6 Å². The van der Waals surface area contributed by atoms with Gasteiger partial charge >= 0.3 is 0 Å². The lowest BCUT2D eigenvalue weighted by Gasteiger charge is -2.48. The van der Waals surface area contributed by atoms with Crippen molar-refractivity contribution in [1.29, 1.82) is 0 Å². The molecule has 148 valence electrons. The molecule has 27 heavy (non-hydrogen) atoms. The van der Waals surface area contributed by atoms with Gasteiger partial charge in [0.1, 0.15) is 0 Å². The molecule has 5 nitrogen and oxygen atoms in total. The van der Waals surface area contributed by atoms with Crippen molar-refractivity contribution >= 4 is 11.8 Å². The third-order valence-electron chi connectivity index (χ3n) is 6.12. The lowest BCUT2D eigenvalue weighted by molar-refractivity contribution is -0.143. The van der Waals surface area contributed by atoms with Gasteiger partial charge in [0.15, 0.2) is 0 Å². The number of rotatable bonds is 7. The van der Waals surface area contributed by atoms with Gasteiger partial charge in [-0.1, -0.05) is 25.8 Å². The topological polar surface area (TPSA) is 53.5 Å². The van der Waals surface area contributed by atoms with E-state index >= 15 is 0 Å². The Balaban J connectivity index is 1.57. The molecule has 3 heterocycles. The Morgan fingerprint density at radius 2 is 2.11 bits per heavy atom. The first-order valence-corrected chi connectivity index (χ1v) is 10.6. The van der Waals surface area contributed by atoms with Crippen molar-refractivity contribution in [3.8, 4) is 0 Å². The minimum absolute atomic E-state index is 0.0939. The number of hydrogen-bond acceptors (Lipinski definition) is 3. The Morgan fingerprint density at radius 3 is 2.89 bits per heavy atom. The molecule has 0 N–H and O–H groups in total. The van der Waals surface area contributed by atoms with E-state index in [9.17, 15) is 9.59 Å². The first-order valence-electron chi connectivity index (χ1n) is 10.6. The molecule has 2 aliphatic rings. The standard InChI is InChI=1S/C22H33N3O2/c1-2-3-4-9-20(26)24-15-7-12-22(17-24)13-10-21(27)25(18-22)16-11-19-8-5-6-14-23-19/h5-6,8,14H,2-4,7,9-13,15-18H2,1H3/t22-/m0/s1. The molecule has 2 aliphatic heterocycles. The second-order valence-electron chi connectivity index (χ2n) is 8.26. The van der Waals surface area contributed by atoms with Crippen molar-refractivity contribution < 1.29 is 9.59 Å². The summed E-state index contributed by atoms with van der Waals surface area (Å²) in [4.78, 5) is 33.5. The summed E-state index contributed by atoms with van der Waals surface area (Å²) in [5.41, 5.74) is 1.12. The van der Waals surface area contributed by atoms with Crippen molar-refractivity contribution in [2.45, 2.75) is 64.7 Å². The fourth-order valence-electron chi connectivity index (χ4n) is 4.54. The van der Waals surface area contributed by atoms with E-state index in [2.05, 4.69) is 16.8 Å². The molecule has 1 atom stereocenters. The monoisotopic (exact) mass is 371 g/mol. The molecule has 0 bridgehead atoms. The normalized spacial score (nSPS) is 23.1. The van der Waals surface area contributed by atoms with Crippen molar-refractivity contribution in [2.75, 3.05) is 26.2 Å². The molecule has 0 radical (unpaired) electrons. The zero-order chi connectivity index (χ0) is 19.1. The number of aromatic nitrogens is 1. The number of carbonyl (C=O) groups excluding carboxylic acids is 2. The van der Waals surface area contributed by atoms with Gasteiger partial charge < -0.3 is 9.80 Å². The maximum Gasteiger partial charge on any atom is 0.222 e. The summed E-state index contributed by atoms with van der Waals surface area (Å²) in [6, 6.07) is 5.92. The molecule has 1 spiro atoms. The van der Waals surface area contributed by atoms with E-state index in [0.717, 1.165) is 76.8 Å². The number of piperidine rings is 2. The first-order chi connectivity index (χ1) is 13.1. The zero-order valence-electron chi connectivity index (χ0n) is 16.7. The summed E-state index contributed by atoms with van der Waals surface area (Å²) < 4.78 is 0. The Bertz CT molecular complexity index is 634. The quantitative estimate of drug-likeness (QED) is 0.690. The third-order valence-corrected chi connectivity index (χ3v) is 6.12. The number of carbonyl (C=O) groups is 2. The fraction of sp³-hybridized carbons (Fsp3) is 0.682. The molecule has 2 amide bonds. The van der Waals surface area contributed by atoms with Gasteiger partial charge in [-0.2, -0.15) is 0 Å². The van der Waals surface area contributed by atoms with Gasteiger partial charge in [-0.25, -0.2) is 0 Å². The third kappa shape index (κ3) is 5.30. The largest absolute Gasteiger partial charge is 0.342 e. The van der Waals surface area contributed by atoms with Crippen LogP contribution in [-0.2, 0) is 16.0 Å². The van der Waals surface area contributed by atoms with E-state index in [1.807, 2.05) is 23.1 Å². The highest BCUT2D eigenvalue weighted by Gasteiger charge is 2.42. The van der Waals surface area contributed by atoms with Gasteiger partial charge in [-0.05, 0) is 37.8 Å². The molecule has 5 heteroatoms. The van der Waals surface area contributed by atoms with E-state index in [4.69, 9.17) is 0 Å². The van der Waals surface area contributed by atoms with Crippen LogP contribution in [0.4, 0.5) is 0 Å². The van der Waals surface area contributed by atoms with Crippen LogP contribution < -0.4 is 0 Å². The summed E-state index contributed by atoms with van der Waals surface area (Å²) >= 11 is 0. The minimum atomic E-state index is 0.0939. The number of likely N-dealkylation sites (tertiary alicyclic amines) is 2. The molecule has 0 aliphatic carbocycles. The maximum absolute atomic E-state index is 12.6. The second-order valence-corrected chi connectivity index (χ2v) is 8.26. The predicted molar refractivity (Wildman–Crippen MR) is 106 cm³/mol. The van der Waals surface area contributed by atoms with Crippen molar-refractivity contribution in [3.63, 3.8) is 0 Å². The number of pyridine rings is 1. The Labute approximate surface area is 163 Å². The molecule has 1 aromatic heterocycles. The van der Waals surface area contributed by atoms with Gasteiger partial charge in [0.25, 0.3) is 0 Å². The highest BCUT2D eigenvalue weighted by atomic mass is 16.2. The molecule has 2 saturated heterocycles. The van der Waals surface area contributed by atoms with Gasteiger partial charge in [0.2, 0.25) is 11.8 Å². The molecular formula is C22H33N3O2. The van der Waals surface area contributed by atoms with Crippen LogP contribution >= 0.6 is 0 Å². The van der Waals surface area contributed by atoms with Crippen LogP contribution in [0.25, 0.3) is 0 Å². The van der Waals surface area contributed by atoms with Crippen molar-refractivity contribution in [2.24, 2.45) is 5.41 Å². The highest BCUT2D eigenvalue weighted by Crippen LogP contribution is 2.39. The summed E-state index contributed by atoms with van der Waals surface area (Å²) in [5.74, 6) is 0.558. The molecule has 2 fully saturated rings. The average molecular weight is 372 g/mol. The van der Waals surface area contributed by atoms with Crippen LogP contribution in [-0.4, -0.2) is 52.8 Å². The maximum atomic E-state index is 12.6. The summed E-state index contributed by atoms with van der Waals surface area (Å²) in [6.45, 7) is 5.39. The van der Waals surface area contributed by atoms with Crippen molar-refractivity contribution in [1.82, 2.24) is 14.8 Å². The van der Waals surface area contributed by atoms with Gasteiger partial charge in [-0.15, -0.1) is 0 Å². The van der Waals surface area contributed by atoms with Crippen molar-refractivity contribution in [3.05, 3.63) is 30.1 Å². The Hall–Kier alpha value is -1.91. The van der Waals surface area contributed by atoms with Crippen LogP contribution in [0, 0.1) is 5.41 Å². The zero-order valence-corrected chi connectivity index (χ0v) is 16.7. The number of hydrogen-bond donors (Lipinski definition) is 0. The molecule has 1 aromatic rings. The lowest BCUT2D eigenvalue weighted by atomic mass is 9.73. The van der Waals surface area contributed by atoms with Gasteiger partial charge in [0.05, 0.1) is 0 Å². The first kappa shape index (κ1) is 19.8. The summed E-state index contributed by atoms with van der Waals surface area (Å²) in [6.07, 6.45) is 10.2. The Kier molecular flexibility index (Phi) is 6.86. The molecule has 0 unspecified atom stereocenters. The number of nitrogens with zero attached hydrogens (tertiary/aromatic N) is 3. The van der Waals surface area contributed by atoms with Crippen LogP contribution in [0.2, 0.25) is 0 Å². The lowest BCUT2D eigenvalue weighted by Crippen LogP contribution is -2.55. The van der Waals surface area contributed by atoms with E-state index in [0.29, 0.717) is 18.7 Å². The van der Waals surface area contributed by atoms with E-state index < -0.39 is 0 Å². The average Bonchev–Trinajstić information content (AvgIpc) is 2.70. The van der Waals surface area contributed by atoms with Crippen LogP contribution in [0.3, 0.4) is 0 Å². The molecular weight excluding hydrogens is 338 g/mol. The van der Waals surface area contributed by atoms with Crippen LogP contribution in [0.15, 0.2) is 24.4 Å². The highest BCUT2D eigenvalue weighted by molar-refractivity contribution is 5.78. The predicted octanol–water partition coefficient (Wildman–Crippen LogP) is 3.44. The second kappa shape index (κ2) is 9.34. The minimum Gasteiger partial charge on any atom is -0.342 e. The van der Waals surface area contributed by atoms with Crippen LogP contribution in [0.1, 0.15) is 64.0 Å². The van der Waals surface area contributed by atoms with Gasteiger partial charge in [0, 0.05) is 62.7 Å². The smallest absolute Gasteiger partial charge is 0.222 e. The summed E-state index contributed by atoms with van der Waals surface area (Å²) in [5, 5.41) is 0. The number of unbranched alkanes of at least 4 members (excludes halogenated alkanes) is 2. The van der Waals surface area contributed by atoms with E-state index in [-0.39, 0.29) is 11.3 Å². The molecule has 0 saturated carbocycles. The molecule has 3 rings (SSSR count).